The Morgan fingerprint density at radius 1 is 0.909 bits per heavy atom. The summed E-state index contributed by atoms with van der Waals surface area (Å²) in [5, 5.41) is 9.12. The van der Waals surface area contributed by atoms with Crippen LogP contribution in [0.2, 0.25) is 0 Å². The van der Waals surface area contributed by atoms with Gasteiger partial charge in [0.2, 0.25) is 0 Å². The highest BCUT2D eigenvalue weighted by Crippen LogP contribution is 2.19. The van der Waals surface area contributed by atoms with Gasteiger partial charge in [-0.25, -0.2) is 8.42 Å². The van der Waals surface area contributed by atoms with Gasteiger partial charge in [-0.05, 0) is 6.42 Å². The molecule has 0 aromatic heterocycles. The molecule has 1 heterocycles. The summed E-state index contributed by atoms with van der Waals surface area (Å²) in [6.45, 7) is 2.23. The zero-order valence-corrected chi connectivity index (χ0v) is 15.5. The Morgan fingerprint density at radius 2 is 1.41 bits per heavy atom. The number of aliphatic hydroxyl groups excluding tert-OH is 1. The molecule has 0 radical (unpaired) electrons. The second-order valence-electron chi connectivity index (χ2n) is 6.45. The van der Waals surface area contributed by atoms with Crippen molar-refractivity contribution in [1.82, 2.24) is 0 Å². The fourth-order valence-corrected chi connectivity index (χ4v) is 7.13. The Balaban J connectivity index is 2.00. The van der Waals surface area contributed by atoms with Crippen molar-refractivity contribution in [3.63, 3.8) is 0 Å². The van der Waals surface area contributed by atoms with E-state index in [1.54, 1.807) is 0 Å². The maximum absolute atomic E-state index is 12.1. The van der Waals surface area contributed by atoms with Crippen molar-refractivity contribution >= 4 is 20.6 Å². The molecule has 0 aromatic rings. The molecule has 4 nitrogen and oxygen atoms in total. The Kier molecular flexibility index (Phi) is 9.84. The SMILES string of the molecule is CCCCCCCCCCCC[S@@](=O)[C@@H]1CS(=O)(=O)C[C@@H]1O. The van der Waals surface area contributed by atoms with Crippen LogP contribution in [0, 0.1) is 0 Å². The monoisotopic (exact) mass is 352 g/mol. The fraction of sp³-hybridized carbons (Fsp3) is 1.00. The third-order valence-electron chi connectivity index (χ3n) is 4.31. The molecular formula is C16H32O4S2. The molecule has 1 N–H and O–H groups in total. The third-order valence-corrected chi connectivity index (χ3v) is 8.08. The minimum atomic E-state index is -3.19. The van der Waals surface area contributed by atoms with Crippen molar-refractivity contribution < 1.29 is 17.7 Å². The molecule has 0 unspecified atom stereocenters. The van der Waals surface area contributed by atoms with E-state index in [0.29, 0.717) is 5.75 Å². The molecule has 1 fully saturated rings. The average molecular weight is 353 g/mol. The first-order valence-electron chi connectivity index (χ1n) is 8.72. The van der Waals surface area contributed by atoms with Crippen LogP contribution < -0.4 is 0 Å². The Morgan fingerprint density at radius 3 is 1.86 bits per heavy atom. The van der Waals surface area contributed by atoms with Crippen LogP contribution >= 0.6 is 0 Å². The van der Waals surface area contributed by atoms with Gasteiger partial charge in [0, 0.05) is 16.6 Å². The Hall–Kier alpha value is 0.0600. The maximum atomic E-state index is 12.1. The van der Waals surface area contributed by atoms with E-state index in [4.69, 9.17) is 0 Å². The summed E-state index contributed by atoms with van der Waals surface area (Å²) in [7, 11) is -4.40. The molecule has 22 heavy (non-hydrogen) atoms. The third kappa shape index (κ3) is 8.06. The molecule has 3 atom stereocenters. The van der Waals surface area contributed by atoms with Gasteiger partial charge in [0.1, 0.15) is 0 Å². The van der Waals surface area contributed by atoms with Crippen LogP contribution in [0.3, 0.4) is 0 Å². The van der Waals surface area contributed by atoms with Gasteiger partial charge in [-0.15, -0.1) is 0 Å². The number of hydrogen-bond donors (Lipinski definition) is 1. The van der Waals surface area contributed by atoms with E-state index in [2.05, 4.69) is 6.92 Å². The quantitative estimate of drug-likeness (QED) is 0.548. The van der Waals surface area contributed by atoms with Gasteiger partial charge in [-0.1, -0.05) is 64.7 Å². The van der Waals surface area contributed by atoms with Crippen LogP contribution in [0.25, 0.3) is 0 Å². The lowest BCUT2D eigenvalue weighted by Gasteiger charge is -2.12. The van der Waals surface area contributed by atoms with E-state index >= 15 is 0 Å². The standard InChI is InChI=1S/C16H32O4S2/c1-2-3-4-5-6-7-8-9-10-11-12-21(18)16-14-22(19,20)13-15(16)17/h15-17H,2-14H2,1H3/t15-,16+,21+/m0/s1. The molecule has 132 valence electrons. The number of aliphatic hydroxyl groups is 1. The van der Waals surface area contributed by atoms with Gasteiger partial charge in [0.15, 0.2) is 9.84 Å². The van der Waals surface area contributed by atoms with E-state index in [1.165, 1.54) is 44.9 Å². The van der Waals surface area contributed by atoms with Crippen molar-refractivity contribution in [2.24, 2.45) is 0 Å². The van der Waals surface area contributed by atoms with Crippen LogP contribution in [0.1, 0.15) is 71.1 Å². The van der Waals surface area contributed by atoms with Crippen molar-refractivity contribution in [2.45, 2.75) is 82.5 Å². The minimum Gasteiger partial charge on any atom is -0.391 e. The Bertz CT molecular complexity index is 420. The normalized spacial score (nSPS) is 25.4. The van der Waals surface area contributed by atoms with Gasteiger partial charge in [-0.3, -0.25) is 4.21 Å². The average Bonchev–Trinajstić information content (AvgIpc) is 2.74. The lowest BCUT2D eigenvalue weighted by molar-refractivity contribution is 0.206. The lowest BCUT2D eigenvalue weighted by Crippen LogP contribution is -2.30. The number of sulfone groups is 1. The highest BCUT2D eigenvalue weighted by Gasteiger charge is 2.39. The van der Waals surface area contributed by atoms with Crippen molar-refractivity contribution in [3.8, 4) is 0 Å². The van der Waals surface area contributed by atoms with Crippen LogP contribution in [0.15, 0.2) is 0 Å². The minimum absolute atomic E-state index is 0.113. The fourth-order valence-electron chi connectivity index (χ4n) is 2.93. The highest BCUT2D eigenvalue weighted by molar-refractivity contribution is 7.94. The van der Waals surface area contributed by atoms with Crippen LogP contribution in [-0.4, -0.2) is 46.3 Å². The molecule has 1 aliphatic heterocycles. The maximum Gasteiger partial charge on any atom is 0.154 e. The predicted molar refractivity (Wildman–Crippen MR) is 93.3 cm³/mol. The van der Waals surface area contributed by atoms with Crippen LogP contribution in [0.4, 0.5) is 0 Å². The topological polar surface area (TPSA) is 71.4 Å². The van der Waals surface area contributed by atoms with E-state index < -0.39 is 32.0 Å². The summed E-state index contributed by atoms with van der Waals surface area (Å²) in [6.07, 6.45) is 11.3. The van der Waals surface area contributed by atoms with Crippen molar-refractivity contribution in [2.75, 3.05) is 17.3 Å². The Labute approximate surface area is 138 Å². The molecule has 0 saturated carbocycles. The van der Waals surface area contributed by atoms with Gasteiger partial charge in [-0.2, -0.15) is 0 Å². The molecule has 0 spiro atoms. The van der Waals surface area contributed by atoms with Gasteiger partial charge >= 0.3 is 0 Å². The second-order valence-corrected chi connectivity index (χ2v) is 10.4. The summed E-state index contributed by atoms with van der Waals surface area (Å²) in [5.41, 5.74) is 0. The molecule has 6 heteroatoms. The largest absolute Gasteiger partial charge is 0.391 e. The van der Waals surface area contributed by atoms with Gasteiger partial charge in [0.05, 0.1) is 22.9 Å². The molecule has 0 aliphatic carbocycles. The zero-order valence-electron chi connectivity index (χ0n) is 13.8. The number of unbranched alkanes of at least 4 members (excludes halogenated alkanes) is 9. The number of hydrogen-bond acceptors (Lipinski definition) is 4. The summed E-state index contributed by atoms with van der Waals surface area (Å²) >= 11 is 0. The van der Waals surface area contributed by atoms with Crippen LogP contribution in [0.5, 0.6) is 0 Å². The number of rotatable bonds is 12. The highest BCUT2D eigenvalue weighted by atomic mass is 32.2. The molecule has 1 rings (SSSR count). The summed E-state index contributed by atoms with van der Waals surface area (Å²) in [4.78, 5) is 0. The lowest BCUT2D eigenvalue weighted by atomic mass is 10.1. The van der Waals surface area contributed by atoms with Crippen molar-refractivity contribution in [1.29, 1.82) is 0 Å². The molecule has 1 aliphatic rings. The molecule has 1 saturated heterocycles. The van der Waals surface area contributed by atoms with E-state index in [9.17, 15) is 17.7 Å². The summed E-state index contributed by atoms with van der Waals surface area (Å²) in [6, 6.07) is 0. The summed E-state index contributed by atoms with van der Waals surface area (Å²) in [5.74, 6) is 0.188. The van der Waals surface area contributed by atoms with Gasteiger partial charge in [0.25, 0.3) is 0 Å². The van der Waals surface area contributed by atoms with Crippen LogP contribution in [-0.2, 0) is 20.6 Å². The molecular weight excluding hydrogens is 320 g/mol. The predicted octanol–water partition coefficient (Wildman–Crippen LogP) is 2.81. The van der Waals surface area contributed by atoms with E-state index in [-0.39, 0.29) is 11.5 Å². The smallest absolute Gasteiger partial charge is 0.154 e. The first-order valence-corrected chi connectivity index (χ1v) is 11.9. The first kappa shape index (κ1) is 20.1. The molecule has 0 amide bonds. The molecule has 0 aromatic carbocycles. The zero-order chi connectivity index (χ0) is 16.4. The first-order chi connectivity index (χ1) is 10.5. The second kappa shape index (κ2) is 10.8. The summed E-state index contributed by atoms with van der Waals surface area (Å²) < 4.78 is 34.9. The van der Waals surface area contributed by atoms with Gasteiger partial charge < -0.3 is 5.11 Å². The van der Waals surface area contributed by atoms with E-state index in [0.717, 1.165) is 19.3 Å². The van der Waals surface area contributed by atoms with Crippen molar-refractivity contribution in [3.05, 3.63) is 0 Å². The molecule has 0 bridgehead atoms. The van der Waals surface area contributed by atoms with E-state index in [1.807, 2.05) is 0 Å².